The molecule has 0 aliphatic heterocycles. The van der Waals surface area contributed by atoms with Gasteiger partial charge in [-0.15, -0.1) is 13.2 Å². The number of anilines is 2. The molecule has 0 amide bonds. The van der Waals surface area contributed by atoms with E-state index in [-0.39, 0.29) is 15.7 Å². The largest absolute Gasteiger partial charge is 0.573 e. The van der Waals surface area contributed by atoms with Gasteiger partial charge in [-0.05, 0) is 51.1 Å². The van der Waals surface area contributed by atoms with Crippen LogP contribution in [0.1, 0.15) is 19.4 Å². The molecule has 0 aliphatic rings. The first kappa shape index (κ1) is 22.0. The molecule has 1 aromatic heterocycles. The van der Waals surface area contributed by atoms with Crippen molar-refractivity contribution in [2.45, 2.75) is 32.0 Å². The van der Waals surface area contributed by atoms with Crippen LogP contribution in [0.2, 0.25) is 0 Å². The number of thiazole rings is 1. The predicted molar refractivity (Wildman–Crippen MR) is 111 cm³/mol. The minimum absolute atomic E-state index is 0.238. The summed E-state index contributed by atoms with van der Waals surface area (Å²) in [4.78, 5) is 8.49. The number of nitrogens with zero attached hydrogens (tertiary/aromatic N) is 2. The standard InChI is InChI=1S/C18H17F3N4O3S2/c1-9(2)23-12-5-7-15-16(10(12)3)25-17(29-15)24-13-8-11(30(22,26)27)4-6-14(13)28-18(19,20)21/h4-8H,1-3H3,(H,24,25)(H2,22,26,27). The third kappa shape index (κ3) is 5.07. The van der Waals surface area contributed by atoms with Crippen LogP contribution in [0.4, 0.5) is 29.7 Å². The van der Waals surface area contributed by atoms with E-state index in [4.69, 9.17) is 5.14 Å². The fourth-order valence-corrected chi connectivity index (χ4v) is 4.12. The van der Waals surface area contributed by atoms with Gasteiger partial charge in [0.1, 0.15) is 0 Å². The van der Waals surface area contributed by atoms with Crippen molar-refractivity contribution in [3.05, 3.63) is 35.9 Å². The van der Waals surface area contributed by atoms with E-state index in [0.717, 1.165) is 39.9 Å². The molecule has 0 spiro atoms. The van der Waals surface area contributed by atoms with Crippen LogP contribution in [0.5, 0.6) is 5.75 Å². The summed E-state index contributed by atoms with van der Waals surface area (Å²) in [7, 11) is -4.14. The molecule has 0 fully saturated rings. The van der Waals surface area contributed by atoms with Gasteiger partial charge in [0.15, 0.2) is 10.9 Å². The number of hydrogen-bond acceptors (Lipinski definition) is 7. The summed E-state index contributed by atoms with van der Waals surface area (Å²) in [5, 5.41) is 8.05. The summed E-state index contributed by atoms with van der Waals surface area (Å²) in [6, 6.07) is 6.41. The van der Waals surface area contributed by atoms with Gasteiger partial charge in [-0.25, -0.2) is 18.5 Å². The quantitative estimate of drug-likeness (QED) is 0.523. The number of aromatic nitrogens is 1. The number of sulfonamides is 1. The van der Waals surface area contributed by atoms with Crippen LogP contribution in [0.15, 0.2) is 40.2 Å². The van der Waals surface area contributed by atoms with Crippen LogP contribution in [-0.2, 0) is 10.0 Å². The molecule has 30 heavy (non-hydrogen) atoms. The van der Waals surface area contributed by atoms with Gasteiger partial charge in [0.05, 0.1) is 26.5 Å². The van der Waals surface area contributed by atoms with Crippen molar-refractivity contribution in [1.82, 2.24) is 4.98 Å². The number of benzene rings is 2. The Bertz CT molecular complexity index is 1250. The van der Waals surface area contributed by atoms with Crippen LogP contribution in [0.25, 0.3) is 10.2 Å². The second-order valence-electron chi connectivity index (χ2n) is 6.51. The van der Waals surface area contributed by atoms with Gasteiger partial charge in [-0.2, -0.15) is 0 Å². The summed E-state index contributed by atoms with van der Waals surface area (Å²) in [6.45, 7) is 5.56. The van der Waals surface area contributed by atoms with Crippen LogP contribution in [0.3, 0.4) is 0 Å². The Morgan fingerprint density at radius 1 is 1.23 bits per heavy atom. The Balaban J connectivity index is 2.07. The van der Waals surface area contributed by atoms with Crippen molar-refractivity contribution in [3.8, 4) is 5.75 Å². The van der Waals surface area contributed by atoms with Gasteiger partial charge in [0, 0.05) is 11.3 Å². The third-order valence-corrected chi connectivity index (χ3v) is 5.72. The van der Waals surface area contributed by atoms with Gasteiger partial charge >= 0.3 is 6.36 Å². The highest BCUT2D eigenvalue weighted by Crippen LogP contribution is 2.38. The molecular formula is C18H17F3N4O3S2. The van der Waals surface area contributed by atoms with Gasteiger partial charge in [-0.3, -0.25) is 4.99 Å². The molecule has 3 N–H and O–H groups in total. The number of alkyl halides is 3. The smallest absolute Gasteiger partial charge is 0.404 e. The maximum Gasteiger partial charge on any atom is 0.573 e. The number of halogens is 3. The van der Waals surface area contributed by atoms with Crippen molar-refractivity contribution in [3.63, 3.8) is 0 Å². The summed E-state index contributed by atoms with van der Waals surface area (Å²) in [5.74, 6) is -0.613. The van der Waals surface area contributed by atoms with Crippen LogP contribution in [0, 0.1) is 6.92 Å². The Morgan fingerprint density at radius 2 is 1.93 bits per heavy atom. The van der Waals surface area contributed by atoms with Crippen molar-refractivity contribution in [2.24, 2.45) is 10.1 Å². The van der Waals surface area contributed by atoms with Crippen molar-refractivity contribution in [1.29, 1.82) is 0 Å². The zero-order valence-electron chi connectivity index (χ0n) is 16.0. The number of hydrogen-bond donors (Lipinski definition) is 2. The molecule has 3 aromatic rings. The molecule has 12 heteroatoms. The van der Waals surface area contributed by atoms with E-state index in [1.165, 1.54) is 11.3 Å². The summed E-state index contributed by atoms with van der Waals surface area (Å²) < 4.78 is 66.2. The lowest BCUT2D eigenvalue weighted by Crippen LogP contribution is -2.18. The van der Waals surface area contributed by atoms with Crippen LogP contribution in [-0.4, -0.2) is 25.5 Å². The molecule has 7 nitrogen and oxygen atoms in total. The number of aliphatic imine (C=N–C) groups is 1. The fraction of sp³-hybridized carbons (Fsp3) is 0.222. The average molecular weight is 458 g/mol. The average Bonchev–Trinajstić information content (AvgIpc) is 3.00. The minimum atomic E-state index is -4.96. The number of primary sulfonamides is 1. The lowest BCUT2D eigenvalue weighted by atomic mass is 10.2. The zero-order valence-corrected chi connectivity index (χ0v) is 17.7. The Kier molecular flexibility index (Phi) is 5.76. The van der Waals surface area contributed by atoms with E-state index < -0.39 is 22.1 Å². The van der Waals surface area contributed by atoms with Crippen molar-refractivity contribution < 1.29 is 26.3 Å². The van der Waals surface area contributed by atoms with Crippen LogP contribution >= 0.6 is 11.3 Å². The monoisotopic (exact) mass is 458 g/mol. The second kappa shape index (κ2) is 7.85. The van der Waals surface area contributed by atoms with Crippen molar-refractivity contribution in [2.75, 3.05) is 5.32 Å². The number of nitrogens with one attached hydrogen (secondary N) is 1. The lowest BCUT2D eigenvalue weighted by molar-refractivity contribution is -0.274. The molecule has 0 saturated heterocycles. The van der Waals surface area contributed by atoms with E-state index in [9.17, 15) is 21.6 Å². The normalized spacial score (nSPS) is 12.1. The highest BCUT2D eigenvalue weighted by atomic mass is 32.2. The first-order valence-corrected chi connectivity index (χ1v) is 10.8. The van der Waals surface area contributed by atoms with E-state index in [1.54, 1.807) is 6.07 Å². The molecule has 0 atom stereocenters. The Morgan fingerprint density at radius 3 is 2.53 bits per heavy atom. The fourth-order valence-electron chi connectivity index (χ4n) is 2.64. The summed E-state index contributed by atoms with van der Waals surface area (Å²) >= 11 is 1.19. The van der Waals surface area contributed by atoms with E-state index in [1.807, 2.05) is 26.8 Å². The topological polar surface area (TPSA) is 107 Å². The first-order valence-electron chi connectivity index (χ1n) is 8.45. The Hall–Kier alpha value is -2.70. The van der Waals surface area contributed by atoms with Gasteiger partial charge in [-0.1, -0.05) is 11.3 Å². The van der Waals surface area contributed by atoms with Gasteiger partial charge in [0.2, 0.25) is 10.0 Å². The van der Waals surface area contributed by atoms with Gasteiger partial charge < -0.3 is 10.1 Å². The maximum absolute atomic E-state index is 12.7. The lowest BCUT2D eigenvalue weighted by Gasteiger charge is -2.14. The van der Waals surface area contributed by atoms with Gasteiger partial charge in [0.25, 0.3) is 0 Å². The number of rotatable bonds is 5. The number of aryl methyl sites for hydroxylation is 1. The molecular weight excluding hydrogens is 441 g/mol. The predicted octanol–water partition coefficient (Wildman–Crippen LogP) is 5.01. The first-order chi connectivity index (χ1) is 13.8. The molecule has 1 heterocycles. The SMILES string of the molecule is CC(C)=Nc1ccc2sc(Nc3cc(S(N)(=O)=O)ccc3OC(F)(F)F)nc2c1C. The van der Waals surface area contributed by atoms with E-state index in [0.29, 0.717) is 5.52 Å². The summed E-state index contributed by atoms with van der Waals surface area (Å²) in [6.07, 6.45) is -4.96. The van der Waals surface area contributed by atoms with E-state index >= 15 is 0 Å². The highest BCUT2D eigenvalue weighted by molar-refractivity contribution is 7.89. The highest BCUT2D eigenvalue weighted by Gasteiger charge is 2.32. The maximum atomic E-state index is 12.7. The minimum Gasteiger partial charge on any atom is -0.404 e. The molecule has 160 valence electrons. The molecule has 0 unspecified atom stereocenters. The molecule has 2 aromatic carbocycles. The molecule has 0 saturated carbocycles. The molecule has 0 aliphatic carbocycles. The Labute approximate surface area is 174 Å². The summed E-state index contributed by atoms with van der Waals surface area (Å²) in [5.41, 5.74) is 2.79. The second-order valence-corrected chi connectivity index (χ2v) is 9.10. The number of ether oxygens (including phenoxy) is 1. The number of fused-ring (bicyclic) bond motifs is 1. The molecule has 0 radical (unpaired) electrons. The molecule has 0 bridgehead atoms. The molecule has 3 rings (SSSR count). The van der Waals surface area contributed by atoms with Crippen molar-refractivity contribution >= 4 is 53.8 Å². The third-order valence-electron chi connectivity index (χ3n) is 3.88. The van der Waals surface area contributed by atoms with E-state index in [2.05, 4.69) is 20.0 Å². The van der Waals surface area contributed by atoms with Crippen LogP contribution < -0.4 is 15.2 Å². The zero-order chi connectivity index (χ0) is 22.3. The number of nitrogens with two attached hydrogens (primary N) is 1.